The van der Waals surface area contributed by atoms with Crippen molar-refractivity contribution in [1.29, 1.82) is 0 Å². The van der Waals surface area contributed by atoms with Gasteiger partial charge in [0, 0.05) is 17.8 Å². The summed E-state index contributed by atoms with van der Waals surface area (Å²) in [5.41, 5.74) is 1.17. The van der Waals surface area contributed by atoms with Gasteiger partial charge in [0.2, 0.25) is 0 Å². The molecular weight excluding hydrogens is 245 g/mol. The predicted octanol–water partition coefficient (Wildman–Crippen LogP) is 2.88. The molecule has 1 aliphatic rings. The van der Waals surface area contributed by atoms with E-state index in [0.29, 0.717) is 12.2 Å². The van der Waals surface area contributed by atoms with Gasteiger partial charge >= 0.3 is 0 Å². The molecular formula is C15H22FNO2. The molecule has 0 radical (unpaired) electrons. The number of nitrogens with zero attached hydrogens (tertiary/aromatic N) is 1. The Morgan fingerprint density at radius 3 is 2.89 bits per heavy atom. The molecule has 0 amide bonds. The molecule has 0 spiro atoms. The molecule has 3 nitrogen and oxygen atoms in total. The van der Waals surface area contributed by atoms with Crippen molar-refractivity contribution < 1.29 is 14.2 Å². The van der Waals surface area contributed by atoms with E-state index in [4.69, 9.17) is 4.74 Å². The topological polar surface area (TPSA) is 32.7 Å². The lowest BCUT2D eigenvalue weighted by Gasteiger charge is -2.41. The Morgan fingerprint density at radius 2 is 2.26 bits per heavy atom. The van der Waals surface area contributed by atoms with E-state index in [1.807, 2.05) is 13.0 Å². The summed E-state index contributed by atoms with van der Waals surface area (Å²) in [7, 11) is 0. The molecule has 2 rings (SSSR count). The molecule has 1 saturated heterocycles. The van der Waals surface area contributed by atoms with Gasteiger partial charge in [-0.05, 0) is 32.4 Å². The molecule has 2 unspecified atom stereocenters. The van der Waals surface area contributed by atoms with Gasteiger partial charge in [-0.15, -0.1) is 0 Å². The van der Waals surface area contributed by atoms with Crippen LogP contribution in [-0.4, -0.2) is 30.4 Å². The summed E-state index contributed by atoms with van der Waals surface area (Å²) in [6, 6.07) is 5.21. The van der Waals surface area contributed by atoms with Gasteiger partial charge in [0.1, 0.15) is 5.82 Å². The first-order valence-electron chi connectivity index (χ1n) is 6.89. The number of aliphatic hydroxyl groups excluding tert-OH is 1. The van der Waals surface area contributed by atoms with E-state index < -0.39 is 6.10 Å². The summed E-state index contributed by atoms with van der Waals surface area (Å²) in [6.07, 6.45) is 0.238. The van der Waals surface area contributed by atoms with Gasteiger partial charge in [-0.3, -0.25) is 0 Å². The van der Waals surface area contributed by atoms with Crippen molar-refractivity contribution in [2.24, 2.45) is 0 Å². The van der Waals surface area contributed by atoms with Crippen LogP contribution in [0.1, 0.15) is 38.9 Å². The average Bonchev–Trinajstić information content (AvgIpc) is 2.37. The Morgan fingerprint density at radius 1 is 1.53 bits per heavy atom. The Balaban J connectivity index is 2.41. The highest BCUT2D eigenvalue weighted by atomic mass is 19.1. The third-order valence-electron chi connectivity index (χ3n) is 3.70. The van der Waals surface area contributed by atoms with Crippen molar-refractivity contribution in [2.45, 2.75) is 45.4 Å². The first-order chi connectivity index (χ1) is 9.04. The van der Waals surface area contributed by atoms with Gasteiger partial charge < -0.3 is 14.7 Å². The largest absolute Gasteiger partial charge is 0.389 e. The maximum absolute atomic E-state index is 14.0. The maximum Gasteiger partial charge on any atom is 0.131 e. The molecule has 0 saturated carbocycles. The third kappa shape index (κ3) is 2.90. The summed E-state index contributed by atoms with van der Waals surface area (Å²) in [5, 5.41) is 9.84. The quantitative estimate of drug-likeness (QED) is 0.914. The highest BCUT2D eigenvalue weighted by molar-refractivity contribution is 5.56. The average molecular weight is 267 g/mol. The van der Waals surface area contributed by atoms with E-state index in [0.717, 1.165) is 18.7 Å². The summed E-state index contributed by atoms with van der Waals surface area (Å²) < 4.78 is 19.6. The van der Waals surface area contributed by atoms with E-state index >= 15 is 0 Å². The lowest BCUT2D eigenvalue weighted by Crippen LogP contribution is -2.49. The number of morpholine rings is 1. The number of hydrogen-bond acceptors (Lipinski definition) is 3. The standard InChI is InChI=1S/C15H22FNO2/c1-4-12-9-19-10(2)8-17(12)14-7-5-6-13(16)15(14)11(3)18/h5-7,10-12,18H,4,8-9H2,1-3H3/t10?,11-,12?/m0/s1. The van der Waals surface area contributed by atoms with Crippen LogP contribution in [0, 0.1) is 5.82 Å². The molecule has 1 heterocycles. The molecule has 1 aliphatic heterocycles. The lowest BCUT2D eigenvalue weighted by atomic mass is 10.0. The second-order valence-corrected chi connectivity index (χ2v) is 5.21. The van der Waals surface area contributed by atoms with Crippen LogP contribution in [0.5, 0.6) is 0 Å². The second-order valence-electron chi connectivity index (χ2n) is 5.21. The highest BCUT2D eigenvalue weighted by Crippen LogP contribution is 2.32. The van der Waals surface area contributed by atoms with Crippen molar-refractivity contribution >= 4 is 5.69 Å². The molecule has 0 bridgehead atoms. The van der Waals surface area contributed by atoms with Gasteiger partial charge in [0.25, 0.3) is 0 Å². The minimum atomic E-state index is -0.813. The van der Waals surface area contributed by atoms with Crippen LogP contribution in [0.15, 0.2) is 18.2 Å². The van der Waals surface area contributed by atoms with E-state index in [9.17, 15) is 9.50 Å². The molecule has 1 aromatic carbocycles. The molecule has 1 N–H and O–H groups in total. The Bertz CT molecular complexity index is 436. The molecule has 4 heteroatoms. The number of rotatable bonds is 3. The SMILES string of the molecule is CCC1COC(C)CN1c1cccc(F)c1[C@H](C)O. The Labute approximate surface area is 114 Å². The lowest BCUT2D eigenvalue weighted by molar-refractivity contribution is 0.0296. The number of anilines is 1. The van der Waals surface area contributed by atoms with Crippen LogP contribution in [0.4, 0.5) is 10.1 Å². The Hall–Kier alpha value is -1.13. The van der Waals surface area contributed by atoms with Crippen molar-refractivity contribution in [3.05, 3.63) is 29.6 Å². The van der Waals surface area contributed by atoms with Gasteiger partial charge in [-0.25, -0.2) is 4.39 Å². The van der Waals surface area contributed by atoms with E-state index in [1.54, 1.807) is 13.0 Å². The van der Waals surface area contributed by atoms with E-state index in [2.05, 4.69) is 11.8 Å². The van der Waals surface area contributed by atoms with Gasteiger partial charge in [0.15, 0.2) is 0 Å². The predicted molar refractivity (Wildman–Crippen MR) is 73.9 cm³/mol. The van der Waals surface area contributed by atoms with Crippen LogP contribution in [0.3, 0.4) is 0 Å². The summed E-state index contributed by atoms with van der Waals surface area (Å²) in [5.74, 6) is -0.346. The number of aliphatic hydroxyl groups is 1. The van der Waals surface area contributed by atoms with Gasteiger partial charge in [0.05, 0.1) is 24.9 Å². The summed E-state index contributed by atoms with van der Waals surface area (Å²) in [4.78, 5) is 2.17. The highest BCUT2D eigenvalue weighted by Gasteiger charge is 2.28. The van der Waals surface area contributed by atoms with Crippen molar-refractivity contribution in [1.82, 2.24) is 0 Å². The fourth-order valence-electron chi connectivity index (χ4n) is 2.67. The zero-order chi connectivity index (χ0) is 14.0. The minimum Gasteiger partial charge on any atom is -0.389 e. The van der Waals surface area contributed by atoms with Crippen molar-refractivity contribution in [3.63, 3.8) is 0 Å². The minimum absolute atomic E-state index is 0.118. The number of halogens is 1. The summed E-state index contributed by atoms with van der Waals surface area (Å²) >= 11 is 0. The fourth-order valence-corrected chi connectivity index (χ4v) is 2.67. The van der Waals surface area contributed by atoms with E-state index in [-0.39, 0.29) is 18.0 Å². The van der Waals surface area contributed by atoms with Crippen LogP contribution in [0.25, 0.3) is 0 Å². The molecule has 0 aliphatic carbocycles. The van der Waals surface area contributed by atoms with Gasteiger partial charge in [-0.1, -0.05) is 13.0 Å². The normalized spacial score (nSPS) is 25.4. The second kappa shape index (κ2) is 5.88. The Kier molecular flexibility index (Phi) is 4.42. The number of ether oxygens (including phenoxy) is 1. The van der Waals surface area contributed by atoms with Crippen LogP contribution in [-0.2, 0) is 4.74 Å². The zero-order valence-corrected chi connectivity index (χ0v) is 11.8. The zero-order valence-electron chi connectivity index (χ0n) is 11.8. The number of hydrogen-bond donors (Lipinski definition) is 1. The van der Waals surface area contributed by atoms with Crippen LogP contribution < -0.4 is 4.90 Å². The van der Waals surface area contributed by atoms with Crippen molar-refractivity contribution in [2.75, 3.05) is 18.1 Å². The third-order valence-corrected chi connectivity index (χ3v) is 3.70. The maximum atomic E-state index is 14.0. The van der Waals surface area contributed by atoms with E-state index in [1.165, 1.54) is 6.07 Å². The number of benzene rings is 1. The first-order valence-corrected chi connectivity index (χ1v) is 6.89. The summed E-state index contributed by atoms with van der Waals surface area (Å²) in [6.45, 7) is 7.08. The molecule has 3 atom stereocenters. The monoisotopic (exact) mass is 267 g/mol. The van der Waals surface area contributed by atoms with Crippen LogP contribution >= 0.6 is 0 Å². The molecule has 1 aromatic rings. The van der Waals surface area contributed by atoms with Gasteiger partial charge in [-0.2, -0.15) is 0 Å². The van der Waals surface area contributed by atoms with Crippen LogP contribution in [0.2, 0.25) is 0 Å². The molecule has 106 valence electrons. The fraction of sp³-hybridized carbons (Fsp3) is 0.600. The molecule has 0 aromatic heterocycles. The smallest absolute Gasteiger partial charge is 0.131 e. The molecule has 19 heavy (non-hydrogen) atoms. The first kappa shape index (κ1) is 14.3. The van der Waals surface area contributed by atoms with Crippen molar-refractivity contribution in [3.8, 4) is 0 Å². The molecule has 1 fully saturated rings.